The zero-order valence-corrected chi connectivity index (χ0v) is 16.4. The fraction of sp³-hybridized carbons (Fsp3) is 0.136. The number of carbonyl (C=O) groups excluding carboxylic acids is 1. The molecule has 4 rings (SSSR count). The van der Waals surface area contributed by atoms with Gasteiger partial charge in [-0.15, -0.1) is 0 Å². The summed E-state index contributed by atoms with van der Waals surface area (Å²) in [7, 11) is 0. The number of aryl methyl sites for hydroxylation is 2. The number of rotatable bonds is 4. The number of nitrogens with two attached hydrogens (primary N) is 1. The van der Waals surface area contributed by atoms with Gasteiger partial charge in [0, 0.05) is 23.1 Å². The van der Waals surface area contributed by atoms with Gasteiger partial charge in [0.2, 0.25) is 0 Å². The maximum atomic E-state index is 13.3. The van der Waals surface area contributed by atoms with Crippen LogP contribution in [0.25, 0.3) is 16.8 Å². The number of anilines is 2. The molecule has 1 atom stereocenters. The van der Waals surface area contributed by atoms with Gasteiger partial charge in [-0.1, -0.05) is 24.3 Å². The first-order chi connectivity index (χ1) is 14.3. The lowest BCUT2D eigenvalue weighted by molar-refractivity contribution is -0.124. The summed E-state index contributed by atoms with van der Waals surface area (Å²) in [6.45, 7) is 3.83. The van der Waals surface area contributed by atoms with Crippen LogP contribution >= 0.6 is 0 Å². The van der Waals surface area contributed by atoms with Crippen LogP contribution in [-0.4, -0.2) is 25.4 Å². The summed E-state index contributed by atoms with van der Waals surface area (Å²) in [4.78, 5) is 21.2. The first-order valence-corrected chi connectivity index (χ1v) is 9.30. The van der Waals surface area contributed by atoms with Gasteiger partial charge in [-0.3, -0.25) is 9.20 Å². The molecular weight excluding hydrogens is 385 g/mol. The molecule has 0 radical (unpaired) electrons. The largest absolute Gasteiger partial charge is 0.382 e. The van der Waals surface area contributed by atoms with Gasteiger partial charge in [0.1, 0.15) is 28.7 Å². The highest BCUT2D eigenvalue weighted by molar-refractivity contribution is 5.95. The topological polar surface area (TPSA) is 106 Å². The van der Waals surface area contributed by atoms with E-state index in [1.165, 1.54) is 18.2 Å². The number of nitrogens with zero attached hydrogens (tertiary/aromatic N) is 3. The molecule has 8 heteroatoms. The Morgan fingerprint density at radius 1 is 1.20 bits per heavy atom. The number of hydrogen-bond acceptors (Lipinski definition) is 5. The highest BCUT2D eigenvalue weighted by Gasteiger charge is 2.19. The van der Waals surface area contributed by atoms with Crippen molar-refractivity contribution >= 4 is 22.9 Å². The quantitative estimate of drug-likeness (QED) is 0.483. The molecule has 4 N–H and O–H groups in total. The van der Waals surface area contributed by atoms with Gasteiger partial charge in [0.05, 0.1) is 0 Å². The zero-order valence-electron chi connectivity index (χ0n) is 16.4. The molecule has 0 aliphatic heterocycles. The number of nitrogen functional groups attached to an aromatic ring is 1. The molecule has 0 saturated carbocycles. The number of carbonyl (C=O) groups is 1. The second-order valence-corrected chi connectivity index (χ2v) is 7.00. The van der Waals surface area contributed by atoms with Crippen LogP contribution in [-0.2, 0) is 4.79 Å². The maximum absolute atomic E-state index is 13.3. The summed E-state index contributed by atoms with van der Waals surface area (Å²) >= 11 is 0. The molecule has 1 unspecified atom stereocenters. The molecule has 0 bridgehead atoms. The van der Waals surface area contributed by atoms with E-state index in [2.05, 4.69) is 15.3 Å². The molecule has 7 nitrogen and oxygen atoms in total. The van der Waals surface area contributed by atoms with Crippen LogP contribution < -0.4 is 11.1 Å². The van der Waals surface area contributed by atoms with Crippen molar-refractivity contribution in [2.75, 3.05) is 11.1 Å². The lowest BCUT2D eigenvalue weighted by atomic mass is 10.1. The van der Waals surface area contributed by atoms with E-state index in [4.69, 9.17) is 5.73 Å². The Morgan fingerprint density at radius 3 is 2.63 bits per heavy atom. The third-order valence-electron chi connectivity index (χ3n) is 4.87. The summed E-state index contributed by atoms with van der Waals surface area (Å²) in [5, 5.41) is 12.8. The lowest BCUT2D eigenvalue weighted by Crippen LogP contribution is -2.20. The Bertz CT molecular complexity index is 1250. The number of nitrogens with one attached hydrogen (secondary N) is 1. The van der Waals surface area contributed by atoms with Gasteiger partial charge in [-0.25, -0.2) is 14.4 Å². The molecule has 0 fully saturated rings. The van der Waals surface area contributed by atoms with E-state index >= 15 is 0 Å². The van der Waals surface area contributed by atoms with E-state index in [1.807, 2.05) is 18.2 Å². The van der Waals surface area contributed by atoms with Crippen molar-refractivity contribution in [1.82, 2.24) is 14.4 Å². The van der Waals surface area contributed by atoms with Crippen molar-refractivity contribution < 1.29 is 14.3 Å². The number of hydrogen-bond donors (Lipinski definition) is 3. The summed E-state index contributed by atoms with van der Waals surface area (Å²) < 4.78 is 15.3. The normalized spacial score (nSPS) is 12.1. The second kappa shape index (κ2) is 7.57. The molecule has 152 valence electrons. The van der Waals surface area contributed by atoms with Crippen LogP contribution in [0.15, 0.2) is 54.7 Å². The summed E-state index contributed by atoms with van der Waals surface area (Å²) in [5.41, 5.74) is 9.91. The number of fused-ring (bicyclic) bond motifs is 1. The van der Waals surface area contributed by atoms with E-state index in [0.717, 1.165) is 28.7 Å². The smallest absolute Gasteiger partial charge is 0.257 e. The van der Waals surface area contributed by atoms with Gasteiger partial charge in [-0.2, -0.15) is 0 Å². The molecule has 2 heterocycles. The van der Waals surface area contributed by atoms with Gasteiger partial charge in [-0.05, 0) is 43.7 Å². The van der Waals surface area contributed by atoms with E-state index in [-0.39, 0.29) is 5.56 Å². The zero-order chi connectivity index (χ0) is 21.4. The fourth-order valence-corrected chi connectivity index (χ4v) is 3.43. The van der Waals surface area contributed by atoms with Crippen molar-refractivity contribution in [3.8, 4) is 11.3 Å². The van der Waals surface area contributed by atoms with Crippen molar-refractivity contribution in [2.24, 2.45) is 0 Å². The Balaban J connectivity index is 1.59. The number of aliphatic hydroxyl groups excluding tert-OH is 1. The highest BCUT2D eigenvalue weighted by Crippen LogP contribution is 2.30. The SMILES string of the molecule is Cc1cnc(N)c2c(-c3ccc(NC(=O)C(O)c4cccc(F)c4)cc3)nc(C)n12. The standard InChI is InChI=1S/C22H20FN5O2/c1-12-11-25-21(24)19-18(26-13(2)28(12)19)14-6-8-17(9-7-14)27-22(30)20(29)15-4-3-5-16(23)10-15/h3-11,20,29H,1-2H3,(H2,24,25)(H,27,30). The monoisotopic (exact) mass is 405 g/mol. The van der Waals surface area contributed by atoms with Crippen LogP contribution in [0.1, 0.15) is 23.2 Å². The van der Waals surface area contributed by atoms with Crippen molar-refractivity contribution in [3.05, 3.63) is 77.6 Å². The minimum Gasteiger partial charge on any atom is -0.382 e. The van der Waals surface area contributed by atoms with Gasteiger partial charge in [0.15, 0.2) is 6.10 Å². The van der Waals surface area contributed by atoms with Crippen molar-refractivity contribution in [3.63, 3.8) is 0 Å². The number of benzene rings is 2. The summed E-state index contributed by atoms with van der Waals surface area (Å²) in [6, 6.07) is 12.3. The minimum atomic E-state index is -1.48. The Morgan fingerprint density at radius 2 is 1.93 bits per heavy atom. The second-order valence-electron chi connectivity index (χ2n) is 7.00. The predicted octanol–water partition coefficient (Wildman–Crippen LogP) is 3.41. The lowest BCUT2D eigenvalue weighted by Gasteiger charge is -2.12. The third kappa shape index (κ3) is 3.48. The van der Waals surface area contributed by atoms with E-state index < -0.39 is 17.8 Å². The van der Waals surface area contributed by atoms with Crippen LogP contribution in [0.4, 0.5) is 15.9 Å². The molecular formula is C22H20FN5O2. The molecule has 0 spiro atoms. The van der Waals surface area contributed by atoms with Gasteiger partial charge < -0.3 is 16.2 Å². The van der Waals surface area contributed by atoms with Crippen LogP contribution in [0, 0.1) is 19.7 Å². The molecule has 2 aromatic heterocycles. The number of imidazole rings is 1. The first kappa shape index (κ1) is 19.5. The van der Waals surface area contributed by atoms with Crippen molar-refractivity contribution in [2.45, 2.75) is 20.0 Å². The van der Waals surface area contributed by atoms with Crippen LogP contribution in [0.5, 0.6) is 0 Å². The molecule has 0 aliphatic carbocycles. The predicted molar refractivity (Wildman–Crippen MR) is 112 cm³/mol. The molecule has 0 saturated heterocycles. The number of aromatic nitrogens is 3. The molecule has 2 aromatic carbocycles. The van der Waals surface area contributed by atoms with E-state index in [1.54, 1.807) is 30.5 Å². The highest BCUT2D eigenvalue weighted by atomic mass is 19.1. The average Bonchev–Trinajstić information content (AvgIpc) is 3.09. The Labute approximate surface area is 172 Å². The molecule has 1 amide bonds. The Kier molecular flexibility index (Phi) is 4.93. The van der Waals surface area contributed by atoms with Crippen molar-refractivity contribution in [1.29, 1.82) is 0 Å². The average molecular weight is 405 g/mol. The van der Waals surface area contributed by atoms with E-state index in [9.17, 15) is 14.3 Å². The fourth-order valence-electron chi connectivity index (χ4n) is 3.43. The van der Waals surface area contributed by atoms with Gasteiger partial charge >= 0.3 is 0 Å². The first-order valence-electron chi connectivity index (χ1n) is 9.30. The maximum Gasteiger partial charge on any atom is 0.257 e. The number of aliphatic hydroxyl groups is 1. The van der Waals surface area contributed by atoms with Gasteiger partial charge in [0.25, 0.3) is 5.91 Å². The minimum absolute atomic E-state index is 0.183. The summed E-state index contributed by atoms with van der Waals surface area (Å²) in [5.74, 6) is 0.00462. The van der Waals surface area contributed by atoms with Crippen LogP contribution in [0.3, 0.4) is 0 Å². The Hall–Kier alpha value is -3.78. The number of amides is 1. The summed E-state index contributed by atoms with van der Waals surface area (Å²) in [6.07, 6.45) is 0.220. The third-order valence-corrected chi connectivity index (χ3v) is 4.87. The number of halogens is 1. The van der Waals surface area contributed by atoms with E-state index in [0.29, 0.717) is 17.2 Å². The molecule has 4 aromatic rings. The van der Waals surface area contributed by atoms with Crippen LogP contribution in [0.2, 0.25) is 0 Å². The molecule has 30 heavy (non-hydrogen) atoms. The molecule has 0 aliphatic rings.